The van der Waals surface area contributed by atoms with Gasteiger partial charge in [-0.25, -0.2) is 4.85 Å². The van der Waals surface area contributed by atoms with Gasteiger partial charge in [0.25, 0.3) is 0 Å². The first-order valence-electron chi connectivity index (χ1n) is 24.7. The number of nitriles is 1. The van der Waals surface area contributed by atoms with E-state index in [9.17, 15) is 5.26 Å². The number of rotatable bonds is 10. The zero-order valence-corrected chi connectivity index (χ0v) is 40.1. The van der Waals surface area contributed by atoms with E-state index < -0.39 is 0 Å². The Hall–Kier alpha value is -10.4. The highest BCUT2D eigenvalue weighted by atomic mass is 15.1. The number of fused-ring (bicyclic) bond motifs is 4. The van der Waals surface area contributed by atoms with Crippen molar-refractivity contribution in [2.24, 2.45) is 0 Å². The molecule has 0 bridgehead atoms. The van der Waals surface area contributed by atoms with Gasteiger partial charge in [0.05, 0.1) is 40.6 Å². The molecule has 6 heteroatoms. The Bertz CT molecular complexity index is 4010. The van der Waals surface area contributed by atoms with E-state index >= 15 is 0 Å². The van der Waals surface area contributed by atoms with E-state index in [0.29, 0.717) is 11.3 Å². The van der Waals surface area contributed by atoms with Crippen molar-refractivity contribution in [2.75, 3.05) is 9.80 Å². The number of nitrogens with zero attached hydrogens (tertiary/aromatic N) is 6. The molecule has 74 heavy (non-hydrogen) atoms. The number of para-hydroxylation sites is 2. The van der Waals surface area contributed by atoms with E-state index in [2.05, 4.69) is 248 Å². The highest BCUT2D eigenvalue weighted by Gasteiger charge is 2.21. The lowest BCUT2D eigenvalue weighted by atomic mass is 10.1. The summed E-state index contributed by atoms with van der Waals surface area (Å²) in [6, 6.07) is 96.1. The summed E-state index contributed by atoms with van der Waals surface area (Å²) in [5.41, 5.74) is 15.7. The number of hydrogen-bond acceptors (Lipinski definition) is 3. The van der Waals surface area contributed by atoms with E-state index in [4.69, 9.17) is 6.57 Å². The summed E-state index contributed by atoms with van der Waals surface area (Å²) in [7, 11) is 0. The summed E-state index contributed by atoms with van der Waals surface area (Å²) < 4.78 is 4.68. The molecule has 0 aliphatic heterocycles. The predicted octanol–water partition coefficient (Wildman–Crippen LogP) is 18.6. The van der Waals surface area contributed by atoms with Crippen molar-refractivity contribution in [3.63, 3.8) is 0 Å². The molecule has 0 aliphatic carbocycles. The molecule has 2 aromatic heterocycles. The van der Waals surface area contributed by atoms with Crippen LogP contribution in [0.15, 0.2) is 267 Å². The van der Waals surface area contributed by atoms with Gasteiger partial charge in [-0.05, 0) is 166 Å². The second-order valence-corrected chi connectivity index (χ2v) is 18.5. The minimum atomic E-state index is 0.598. The van der Waals surface area contributed by atoms with Gasteiger partial charge in [0.15, 0.2) is 5.69 Å². The van der Waals surface area contributed by atoms with Crippen molar-refractivity contribution in [2.45, 2.75) is 0 Å². The molecule has 11 aromatic carbocycles. The van der Waals surface area contributed by atoms with Crippen LogP contribution in [0.2, 0.25) is 0 Å². The molecule has 0 unspecified atom stereocenters. The molecule has 0 saturated carbocycles. The molecule has 0 atom stereocenters. The number of anilines is 6. The molecule has 13 aromatic rings. The molecule has 6 nitrogen and oxygen atoms in total. The summed E-state index contributed by atoms with van der Waals surface area (Å²) in [6.45, 7) is 7.69. The molecule has 13 rings (SSSR count). The fraction of sp³-hybridized carbons (Fsp3) is 0. The van der Waals surface area contributed by atoms with Crippen LogP contribution in [-0.2, 0) is 0 Å². The highest BCUT2D eigenvalue weighted by Crippen LogP contribution is 2.42. The van der Waals surface area contributed by atoms with Crippen LogP contribution < -0.4 is 9.80 Å². The van der Waals surface area contributed by atoms with Crippen molar-refractivity contribution < 1.29 is 0 Å². The number of benzene rings is 11. The van der Waals surface area contributed by atoms with Crippen LogP contribution in [0.1, 0.15) is 5.56 Å². The second kappa shape index (κ2) is 18.4. The molecule has 0 aliphatic rings. The molecule has 0 radical (unpaired) electrons. The van der Waals surface area contributed by atoms with E-state index in [1.54, 1.807) is 0 Å². The van der Waals surface area contributed by atoms with Gasteiger partial charge in [-0.1, -0.05) is 133 Å². The van der Waals surface area contributed by atoms with Crippen LogP contribution in [-0.4, -0.2) is 9.13 Å². The van der Waals surface area contributed by atoms with E-state index in [1.165, 1.54) is 21.5 Å². The van der Waals surface area contributed by atoms with Crippen molar-refractivity contribution in [3.05, 3.63) is 284 Å². The van der Waals surface area contributed by atoms with Gasteiger partial charge in [-0.3, -0.25) is 0 Å². The van der Waals surface area contributed by atoms with Crippen LogP contribution in [0.25, 0.3) is 82.1 Å². The lowest BCUT2D eigenvalue weighted by Crippen LogP contribution is -2.10. The molecule has 0 fully saturated rings. The maximum Gasteiger partial charge on any atom is 0.187 e. The standard InChI is InChI=1S/C68H44N6/c1-70-56-28-24-51(25-29-56)66-43-55-45-67-54(44-68(55)74(66)62-38-34-60(35-39-62)72(58-18-6-3-7-19-58)64-31-27-49-13-9-11-15-53(49)41-64)42-65(50-22-20-47(46-69)21-23-50)73(67)61-36-32-59(33-37-61)71(57-16-4-2-5-17-57)63-30-26-48-12-8-10-14-52(48)40-63/h2-45H. The molecular formula is C68H44N6. The fourth-order valence-electron chi connectivity index (χ4n) is 10.5. The summed E-state index contributed by atoms with van der Waals surface area (Å²) in [5.74, 6) is 0. The van der Waals surface area contributed by atoms with Crippen LogP contribution in [0.5, 0.6) is 0 Å². The third-order valence-corrected chi connectivity index (χ3v) is 14.1. The Morgan fingerprint density at radius 2 is 0.716 bits per heavy atom. The minimum absolute atomic E-state index is 0.598. The van der Waals surface area contributed by atoms with Crippen LogP contribution >= 0.6 is 0 Å². The average Bonchev–Trinajstić information content (AvgIpc) is 4.03. The SMILES string of the molecule is [C-]#[N+]c1ccc(-c2cc3cc4c(cc(-c5ccc(C#N)cc5)n4-c4ccc(N(c5ccccc5)c5ccc6ccccc6c5)cc4)cc3n2-c2ccc(N(c3ccccc3)c3ccc4ccccc4c3)cc2)cc1. The Morgan fingerprint density at radius 1 is 0.338 bits per heavy atom. The molecule has 2 heterocycles. The highest BCUT2D eigenvalue weighted by molar-refractivity contribution is 6.03. The second-order valence-electron chi connectivity index (χ2n) is 18.5. The number of aromatic nitrogens is 2. The van der Waals surface area contributed by atoms with Crippen LogP contribution in [0.3, 0.4) is 0 Å². The van der Waals surface area contributed by atoms with Gasteiger partial charge in [0.2, 0.25) is 0 Å². The van der Waals surface area contributed by atoms with Crippen LogP contribution in [0, 0.1) is 17.9 Å². The third-order valence-electron chi connectivity index (χ3n) is 14.1. The van der Waals surface area contributed by atoms with Gasteiger partial charge >= 0.3 is 0 Å². The first-order valence-corrected chi connectivity index (χ1v) is 24.7. The normalized spacial score (nSPS) is 11.2. The van der Waals surface area contributed by atoms with Gasteiger partial charge in [-0.15, -0.1) is 0 Å². The predicted molar refractivity (Wildman–Crippen MR) is 306 cm³/mol. The van der Waals surface area contributed by atoms with Gasteiger partial charge in [-0.2, -0.15) is 5.26 Å². The van der Waals surface area contributed by atoms with Crippen molar-refractivity contribution in [1.82, 2.24) is 9.13 Å². The zero-order chi connectivity index (χ0) is 49.5. The smallest absolute Gasteiger partial charge is 0.187 e. The lowest BCUT2D eigenvalue weighted by Gasteiger charge is -2.26. The average molecular weight is 945 g/mol. The molecule has 0 N–H and O–H groups in total. The monoisotopic (exact) mass is 944 g/mol. The van der Waals surface area contributed by atoms with Crippen molar-refractivity contribution in [3.8, 4) is 40.0 Å². The molecular weight excluding hydrogens is 901 g/mol. The maximum atomic E-state index is 9.77. The molecule has 346 valence electrons. The zero-order valence-electron chi connectivity index (χ0n) is 40.1. The minimum Gasteiger partial charge on any atom is -0.310 e. The van der Waals surface area contributed by atoms with E-state index in [-0.39, 0.29) is 0 Å². The Labute approximate surface area is 429 Å². The fourth-order valence-corrected chi connectivity index (χ4v) is 10.5. The number of hydrogen-bond donors (Lipinski definition) is 0. The third kappa shape index (κ3) is 7.86. The Balaban J connectivity index is 0.965. The molecule has 0 amide bonds. The quantitative estimate of drug-likeness (QED) is 0.128. The Kier molecular flexibility index (Phi) is 10.8. The summed E-state index contributed by atoms with van der Waals surface area (Å²) in [4.78, 5) is 8.32. The van der Waals surface area contributed by atoms with E-state index in [0.717, 1.165) is 89.8 Å². The molecule has 0 saturated heterocycles. The summed E-state index contributed by atoms with van der Waals surface area (Å²) in [6.07, 6.45) is 0. The van der Waals surface area contributed by atoms with Gasteiger partial charge in [0, 0.05) is 56.3 Å². The Morgan fingerprint density at radius 3 is 1.14 bits per heavy atom. The summed E-state index contributed by atoms with van der Waals surface area (Å²) in [5, 5.41) is 16.7. The van der Waals surface area contributed by atoms with E-state index in [1.807, 2.05) is 48.5 Å². The maximum absolute atomic E-state index is 9.77. The largest absolute Gasteiger partial charge is 0.310 e. The summed E-state index contributed by atoms with van der Waals surface area (Å²) >= 11 is 0. The first-order chi connectivity index (χ1) is 36.6. The van der Waals surface area contributed by atoms with Crippen molar-refractivity contribution in [1.29, 1.82) is 5.26 Å². The molecule has 0 spiro atoms. The lowest BCUT2D eigenvalue weighted by molar-refractivity contribution is 1.13. The van der Waals surface area contributed by atoms with Gasteiger partial charge < -0.3 is 18.9 Å². The van der Waals surface area contributed by atoms with Crippen LogP contribution in [0.4, 0.5) is 39.8 Å². The van der Waals surface area contributed by atoms with Crippen molar-refractivity contribution >= 4 is 83.2 Å². The topological polar surface area (TPSA) is 44.5 Å². The first kappa shape index (κ1) is 43.6. The van der Waals surface area contributed by atoms with Gasteiger partial charge in [0.1, 0.15) is 0 Å².